The van der Waals surface area contributed by atoms with Gasteiger partial charge in [0.25, 0.3) is 0 Å². The highest BCUT2D eigenvalue weighted by atomic mass is 16.5. The number of hydrogen-bond donors (Lipinski definition) is 2. The van der Waals surface area contributed by atoms with Gasteiger partial charge in [0.15, 0.2) is 0 Å². The van der Waals surface area contributed by atoms with Crippen molar-refractivity contribution in [3.63, 3.8) is 0 Å². The van der Waals surface area contributed by atoms with E-state index >= 15 is 0 Å². The number of ether oxygens (including phenoxy) is 1. The van der Waals surface area contributed by atoms with Crippen molar-refractivity contribution in [3.05, 3.63) is 29.3 Å². The lowest BCUT2D eigenvalue weighted by molar-refractivity contribution is 0.157. The van der Waals surface area contributed by atoms with E-state index in [1.807, 2.05) is 0 Å². The van der Waals surface area contributed by atoms with Crippen LogP contribution in [-0.4, -0.2) is 32.8 Å². The highest BCUT2D eigenvalue weighted by molar-refractivity contribution is 5.64. The molecule has 0 radical (unpaired) electrons. The minimum atomic E-state index is -0.725. The lowest BCUT2D eigenvalue weighted by Crippen LogP contribution is -2.23. The molecule has 2 rings (SSSR count). The van der Waals surface area contributed by atoms with E-state index in [0.29, 0.717) is 13.2 Å². The molecule has 1 aliphatic heterocycles. The Morgan fingerprint density at radius 1 is 1.56 bits per heavy atom. The zero-order valence-electron chi connectivity index (χ0n) is 10.6. The number of anilines is 1. The number of fused-ring (bicyclic) bond motifs is 1. The summed E-state index contributed by atoms with van der Waals surface area (Å²) < 4.78 is 4.64. The third-order valence-corrected chi connectivity index (χ3v) is 3.12. The number of nitrogens with zero attached hydrogens (tertiary/aromatic N) is 1. The fraction of sp³-hybridized carbons (Fsp3) is 0.462. The van der Waals surface area contributed by atoms with Crippen LogP contribution < -0.4 is 16.0 Å². The summed E-state index contributed by atoms with van der Waals surface area (Å²) in [6.45, 7) is 2.79. The van der Waals surface area contributed by atoms with Crippen LogP contribution in [-0.2, 0) is 17.7 Å². The Kier molecular flexibility index (Phi) is 4.04. The molecule has 0 unspecified atom stereocenters. The van der Waals surface area contributed by atoms with E-state index in [-0.39, 0.29) is 0 Å². The number of nitrogens with two attached hydrogens (primary N) is 1. The van der Waals surface area contributed by atoms with E-state index in [1.165, 1.54) is 16.8 Å². The number of benzene rings is 1. The molecular weight excluding hydrogens is 230 g/mol. The molecule has 5 nitrogen and oxygen atoms in total. The summed E-state index contributed by atoms with van der Waals surface area (Å²) in [4.78, 5) is 12.6. The number of amides is 1. The van der Waals surface area contributed by atoms with Gasteiger partial charge in [0.05, 0.1) is 0 Å². The number of rotatable bonds is 5. The van der Waals surface area contributed by atoms with Crippen molar-refractivity contribution < 1.29 is 9.53 Å². The first-order valence-electron chi connectivity index (χ1n) is 6.12. The van der Waals surface area contributed by atoms with Crippen molar-refractivity contribution in [2.75, 3.05) is 31.6 Å². The lowest BCUT2D eigenvalue weighted by Gasteiger charge is -2.12. The molecule has 0 saturated heterocycles. The molecule has 1 aromatic rings. The molecule has 0 fully saturated rings. The normalized spacial score (nSPS) is 13.5. The maximum atomic E-state index is 10.4. The summed E-state index contributed by atoms with van der Waals surface area (Å²) in [5, 5.41) is 3.21. The molecule has 3 N–H and O–H groups in total. The van der Waals surface area contributed by atoms with Crippen LogP contribution in [0.2, 0.25) is 0 Å². The minimum Gasteiger partial charge on any atom is -0.448 e. The Hall–Kier alpha value is -1.75. The van der Waals surface area contributed by atoms with Crippen LogP contribution in [0, 0.1) is 0 Å². The molecule has 0 aliphatic carbocycles. The second-order valence-electron chi connectivity index (χ2n) is 4.48. The first kappa shape index (κ1) is 12.7. The molecule has 1 aromatic carbocycles. The fourth-order valence-corrected chi connectivity index (χ4v) is 2.19. The van der Waals surface area contributed by atoms with Crippen molar-refractivity contribution >= 4 is 11.8 Å². The van der Waals surface area contributed by atoms with Gasteiger partial charge in [-0.15, -0.1) is 0 Å². The number of primary amides is 1. The molecule has 0 bridgehead atoms. The van der Waals surface area contributed by atoms with Crippen LogP contribution in [0.5, 0.6) is 0 Å². The number of carbonyl (C=O) groups is 1. The second-order valence-corrected chi connectivity index (χ2v) is 4.48. The Bertz CT molecular complexity index is 434. The molecule has 0 atom stereocenters. The van der Waals surface area contributed by atoms with E-state index in [2.05, 4.69) is 40.2 Å². The summed E-state index contributed by atoms with van der Waals surface area (Å²) in [6.07, 6.45) is 0.391. The zero-order chi connectivity index (χ0) is 13.0. The Labute approximate surface area is 107 Å². The van der Waals surface area contributed by atoms with Gasteiger partial charge >= 0.3 is 6.09 Å². The molecule has 1 amide bonds. The maximum absolute atomic E-state index is 10.4. The molecule has 18 heavy (non-hydrogen) atoms. The van der Waals surface area contributed by atoms with Gasteiger partial charge in [-0.2, -0.15) is 0 Å². The van der Waals surface area contributed by atoms with Crippen molar-refractivity contribution in [3.8, 4) is 0 Å². The van der Waals surface area contributed by atoms with E-state index < -0.39 is 6.09 Å². The lowest BCUT2D eigenvalue weighted by atomic mass is 10.1. The van der Waals surface area contributed by atoms with E-state index in [4.69, 9.17) is 5.73 Å². The summed E-state index contributed by atoms with van der Waals surface area (Å²) in [7, 11) is 2.12. The third-order valence-electron chi connectivity index (χ3n) is 3.12. The summed E-state index contributed by atoms with van der Waals surface area (Å²) >= 11 is 0. The smallest absolute Gasteiger partial charge is 0.404 e. The maximum Gasteiger partial charge on any atom is 0.404 e. The van der Waals surface area contributed by atoms with Gasteiger partial charge in [0.2, 0.25) is 0 Å². The molecule has 1 aliphatic rings. The second kappa shape index (κ2) is 5.73. The van der Waals surface area contributed by atoms with Crippen LogP contribution in [0.1, 0.15) is 11.1 Å². The predicted octanol–water partition coefficient (Wildman–Crippen LogP) is 0.864. The first-order chi connectivity index (χ1) is 8.66. The SMILES string of the molecule is CN1CCc2cc(CNCCOC(N)=O)ccc21. The largest absolute Gasteiger partial charge is 0.448 e. The van der Waals surface area contributed by atoms with E-state index in [0.717, 1.165) is 19.5 Å². The molecule has 0 saturated carbocycles. The fourth-order valence-electron chi connectivity index (χ4n) is 2.19. The van der Waals surface area contributed by atoms with Gasteiger partial charge < -0.3 is 20.7 Å². The topological polar surface area (TPSA) is 67.6 Å². The molecule has 1 heterocycles. The quantitative estimate of drug-likeness (QED) is 0.760. The van der Waals surface area contributed by atoms with Crippen LogP contribution in [0.25, 0.3) is 0 Å². The van der Waals surface area contributed by atoms with Crippen molar-refractivity contribution in [1.82, 2.24) is 5.32 Å². The van der Waals surface area contributed by atoms with Crippen LogP contribution >= 0.6 is 0 Å². The monoisotopic (exact) mass is 249 g/mol. The number of nitrogens with one attached hydrogen (secondary N) is 1. The minimum absolute atomic E-state index is 0.309. The molecular formula is C13H19N3O2. The summed E-state index contributed by atoms with van der Waals surface area (Å²) in [5.74, 6) is 0. The Balaban J connectivity index is 1.79. The molecule has 0 spiro atoms. The average molecular weight is 249 g/mol. The van der Waals surface area contributed by atoms with Crippen LogP contribution in [0.4, 0.5) is 10.5 Å². The predicted molar refractivity (Wildman–Crippen MR) is 70.7 cm³/mol. The number of hydrogen-bond acceptors (Lipinski definition) is 4. The molecule has 98 valence electrons. The zero-order valence-corrected chi connectivity index (χ0v) is 10.6. The Morgan fingerprint density at radius 3 is 3.17 bits per heavy atom. The highest BCUT2D eigenvalue weighted by Gasteiger charge is 2.15. The number of likely N-dealkylation sites (N-methyl/N-ethyl adjacent to an activating group) is 1. The average Bonchev–Trinajstić information content (AvgIpc) is 2.70. The van der Waals surface area contributed by atoms with Crippen molar-refractivity contribution in [1.29, 1.82) is 0 Å². The first-order valence-corrected chi connectivity index (χ1v) is 6.12. The van der Waals surface area contributed by atoms with E-state index in [9.17, 15) is 4.79 Å². The Morgan fingerprint density at radius 2 is 2.39 bits per heavy atom. The summed E-state index contributed by atoms with van der Waals surface area (Å²) in [6, 6.07) is 6.53. The number of carbonyl (C=O) groups excluding carboxylic acids is 1. The van der Waals surface area contributed by atoms with Gasteiger partial charge in [0, 0.05) is 32.4 Å². The molecule has 0 aromatic heterocycles. The van der Waals surface area contributed by atoms with Crippen molar-refractivity contribution in [2.24, 2.45) is 5.73 Å². The van der Waals surface area contributed by atoms with Gasteiger partial charge in [-0.1, -0.05) is 12.1 Å². The van der Waals surface area contributed by atoms with Gasteiger partial charge in [0.1, 0.15) is 6.61 Å². The van der Waals surface area contributed by atoms with Crippen LogP contribution in [0.3, 0.4) is 0 Å². The summed E-state index contributed by atoms with van der Waals surface area (Å²) in [5.41, 5.74) is 8.86. The van der Waals surface area contributed by atoms with E-state index in [1.54, 1.807) is 0 Å². The standard InChI is InChI=1S/C13H19N3O2/c1-16-6-4-11-8-10(2-3-12(11)16)9-15-5-7-18-13(14)17/h2-3,8,15H,4-7,9H2,1H3,(H2,14,17). The third kappa shape index (κ3) is 3.13. The molecule has 5 heteroatoms. The van der Waals surface area contributed by atoms with Gasteiger partial charge in [-0.05, 0) is 23.6 Å². The highest BCUT2D eigenvalue weighted by Crippen LogP contribution is 2.27. The van der Waals surface area contributed by atoms with Gasteiger partial charge in [-0.3, -0.25) is 0 Å². The van der Waals surface area contributed by atoms with Crippen LogP contribution in [0.15, 0.2) is 18.2 Å². The van der Waals surface area contributed by atoms with Crippen molar-refractivity contribution in [2.45, 2.75) is 13.0 Å². The van der Waals surface area contributed by atoms with Gasteiger partial charge in [-0.25, -0.2) is 4.79 Å².